The molecule has 0 saturated carbocycles. The Hall–Kier alpha value is -7.91. The number of benzene rings is 5. The maximum atomic E-state index is 13.9. The Morgan fingerprint density at radius 1 is 0.768 bits per heavy atom. The first-order valence-electron chi connectivity index (χ1n) is 30.6. The lowest BCUT2D eigenvalue weighted by atomic mass is 9.79. The number of nitrogens with zero attached hydrogens (tertiary/aromatic N) is 6. The number of aromatic nitrogens is 3. The zero-order valence-electron chi connectivity index (χ0n) is 54.5. The molecule has 1 unspecified atom stereocenters. The number of anilines is 1. The number of carbonyl (C=O) groups excluding carboxylic acids is 2. The monoisotopic (exact) mass is 1390 g/mol. The van der Waals surface area contributed by atoms with Crippen molar-refractivity contribution in [3.63, 3.8) is 0 Å². The van der Waals surface area contributed by atoms with Crippen molar-refractivity contribution in [1.82, 2.24) is 30.1 Å². The van der Waals surface area contributed by atoms with Gasteiger partial charge in [-0.3, -0.25) is 14.8 Å². The molecule has 2 aliphatic heterocycles. The lowest BCUT2D eigenvalue weighted by molar-refractivity contribution is -0.438. The number of likely N-dealkylation sites (N-methyl/N-ethyl adjacent to an activating group) is 1. The number of methoxy groups -OCH3 is 1. The number of nitrogens with one attached hydrogen (secondary N) is 2. The third-order valence-electron chi connectivity index (χ3n) is 16.2. The number of hydrogen-bond donors (Lipinski definition) is 3. The smallest absolute Gasteiger partial charge is 0.425 e. The maximum absolute atomic E-state index is 13.9. The number of aryl methyl sites for hydroxylation is 1. The fourth-order valence-corrected chi connectivity index (χ4v) is 14.1. The molecule has 95 heavy (non-hydrogen) atoms. The molecule has 0 saturated heterocycles. The van der Waals surface area contributed by atoms with E-state index in [-0.39, 0.29) is 40.0 Å². The fraction of sp³-hybridized carbons (Fsp3) is 0.431. The molecule has 5 aromatic carbocycles. The summed E-state index contributed by atoms with van der Waals surface area (Å²) in [4.78, 5) is 27.7. The van der Waals surface area contributed by atoms with E-state index in [1.54, 1.807) is 31.6 Å². The Morgan fingerprint density at radius 3 is 2.04 bits per heavy atom. The van der Waals surface area contributed by atoms with Gasteiger partial charge in [-0.25, -0.2) is 27.0 Å². The molecule has 1 atom stereocenters. The number of allylic oxidation sites excluding steroid dienone is 6. The summed E-state index contributed by atoms with van der Waals surface area (Å²) in [6.07, 6.45) is 14.8. The summed E-state index contributed by atoms with van der Waals surface area (Å²) in [5.41, 5.74) is 9.11. The summed E-state index contributed by atoms with van der Waals surface area (Å²) in [6.45, 7) is 20.3. The molecule has 0 spiro atoms. The van der Waals surface area contributed by atoms with E-state index < -0.39 is 64.6 Å². The molecule has 8 rings (SSSR count). The quantitative estimate of drug-likeness (QED) is 0.00972. The van der Waals surface area contributed by atoms with E-state index in [1.807, 2.05) is 6.07 Å². The first kappa shape index (κ1) is 76.1. The van der Waals surface area contributed by atoms with Gasteiger partial charge in [0, 0.05) is 66.6 Å². The Kier molecular flexibility index (Phi) is 27.8. The van der Waals surface area contributed by atoms with Crippen molar-refractivity contribution in [3.05, 3.63) is 150 Å². The average Bonchev–Trinajstić information content (AvgIpc) is 1.59. The van der Waals surface area contributed by atoms with Crippen molar-refractivity contribution in [2.45, 2.75) is 121 Å². The van der Waals surface area contributed by atoms with E-state index in [0.717, 1.165) is 51.4 Å². The zero-order valence-corrected chi connectivity index (χ0v) is 57.8. The lowest BCUT2D eigenvalue weighted by Gasteiger charge is -2.31. The van der Waals surface area contributed by atoms with Crippen molar-refractivity contribution >= 4 is 91.8 Å². The molecule has 0 bridgehead atoms. The van der Waals surface area contributed by atoms with Crippen LogP contribution >= 0.6 is 0 Å². The zero-order chi connectivity index (χ0) is 69.8. The average molecular weight is 1390 g/mol. The number of fused-ring (bicyclic) bond motifs is 6. The molecule has 0 radical (unpaired) electrons. The number of hydrogen-bond acceptors (Lipinski definition) is 21. The summed E-state index contributed by atoms with van der Waals surface area (Å²) < 4.78 is 142. The van der Waals surface area contributed by atoms with E-state index in [4.69, 9.17) is 44.2 Å². The number of rotatable bonds is 31. The summed E-state index contributed by atoms with van der Waals surface area (Å²) in [5.74, 6) is -0.990. The minimum absolute atomic E-state index is 0.0591. The standard InChI is InChI=1S/C65H82N8O12S2.2O3S/c1-10-71-55-32-30-52-46(4)18-17-19-53(52)60(55)64(5,6)57(71)20-13-11-14-21-58-65(7,8)61-54-42-51(87(79,80)81)27-23-47(54)24-31-56(61)72(58)34-16-12-15-22-59(74)66-33-36-83-38-40-85-41-39-84-37-35-70-43-48(67-69-70)44-73(62(45(2)3)63(75)68-76)86(77,78)50-28-25-49(82-9)26-29-50;2*1-4(2)3/h11,13-14,17-21,23-32,42-43,45,62H,10,12,15-16,22,33-41,44H2,1-9H3,(H3-,66,67,68,69,74,75,76,79,80,81);;. The van der Waals surface area contributed by atoms with E-state index in [9.17, 15) is 36.2 Å². The number of carbonyl (C=O) groups is 2. The van der Waals surface area contributed by atoms with Crippen molar-refractivity contribution in [1.29, 1.82) is 0 Å². The second kappa shape index (κ2) is 34.7. The number of ether oxygens (including phenoxy) is 4. The third kappa shape index (κ3) is 19.9. The lowest BCUT2D eigenvalue weighted by Crippen LogP contribution is -2.51. The van der Waals surface area contributed by atoms with Crippen LogP contribution in [0.25, 0.3) is 21.5 Å². The summed E-state index contributed by atoms with van der Waals surface area (Å²) in [6, 6.07) is 24.2. The molecule has 2 amide bonds. The summed E-state index contributed by atoms with van der Waals surface area (Å²) in [7, 11) is -13.7. The van der Waals surface area contributed by atoms with Crippen LogP contribution in [0, 0.1) is 12.8 Å². The minimum Gasteiger partial charge on any atom is -0.744 e. The largest absolute Gasteiger partial charge is 0.744 e. The van der Waals surface area contributed by atoms with Crippen LogP contribution in [-0.4, -0.2) is 166 Å². The molecule has 0 aliphatic carbocycles. The SMILES string of the molecule is CCN1\C(=C/C=C/C=C/C2=[N+](CCCCCC(=O)NCCOCCOCCOCCn3cc(CN(C(C(=O)NO)C(C)C)S(=O)(=O)c4ccc(OC)cc4)nn3)c3ccc4ccc(S(=O)(=O)[O-])cc4c3C2(C)C)C(C)(C)c2c1ccc1c(C)cccc21.O=S(=O)=O.O=S(=O)=O. The molecule has 3 heterocycles. The predicted molar refractivity (Wildman–Crippen MR) is 353 cm³/mol. The van der Waals surface area contributed by atoms with Crippen molar-refractivity contribution < 1.29 is 85.0 Å². The molecule has 6 aromatic rings. The van der Waals surface area contributed by atoms with Gasteiger partial charge in [0.1, 0.15) is 28.5 Å². The van der Waals surface area contributed by atoms with Gasteiger partial charge in [0.2, 0.25) is 21.6 Å². The van der Waals surface area contributed by atoms with Crippen LogP contribution in [0.1, 0.15) is 96.5 Å². The van der Waals surface area contributed by atoms with E-state index in [0.29, 0.717) is 71.3 Å². The van der Waals surface area contributed by atoms with Gasteiger partial charge in [-0.2, -0.15) is 8.88 Å². The van der Waals surface area contributed by atoms with E-state index in [1.165, 1.54) is 81.5 Å². The molecule has 26 nitrogen and oxygen atoms in total. The first-order chi connectivity index (χ1) is 45.0. The van der Waals surface area contributed by atoms with Crippen LogP contribution in [0.5, 0.6) is 5.75 Å². The molecule has 30 heteroatoms. The molecule has 0 fully saturated rings. The van der Waals surface area contributed by atoms with Crippen LogP contribution < -0.4 is 20.4 Å². The topological polar surface area (TPSA) is 349 Å². The first-order valence-corrected chi connectivity index (χ1v) is 35.4. The molecular weight excluding hydrogens is 1310 g/mol. The van der Waals surface area contributed by atoms with Crippen LogP contribution in [0.3, 0.4) is 0 Å². The van der Waals surface area contributed by atoms with Gasteiger partial charge in [0.05, 0.1) is 80.7 Å². The second-order valence-electron chi connectivity index (χ2n) is 23.5. The number of amides is 2. The van der Waals surface area contributed by atoms with Crippen molar-refractivity contribution in [3.8, 4) is 5.75 Å². The Labute approximate surface area is 557 Å². The van der Waals surface area contributed by atoms with Gasteiger partial charge in [-0.1, -0.05) is 81.5 Å². The summed E-state index contributed by atoms with van der Waals surface area (Å²) >= 11 is 0. The molecule has 514 valence electrons. The van der Waals surface area contributed by atoms with Crippen molar-refractivity contribution in [2.24, 2.45) is 5.92 Å². The number of sulfonamides is 1. The molecule has 2 aliphatic rings. The summed E-state index contributed by atoms with van der Waals surface area (Å²) in [5, 5.41) is 24.8. The second-order valence-corrected chi connectivity index (χ2v) is 27.6. The van der Waals surface area contributed by atoms with Gasteiger partial charge < -0.3 is 33.7 Å². The van der Waals surface area contributed by atoms with Crippen LogP contribution in [0.15, 0.2) is 137 Å². The Bertz CT molecular complexity index is 4270. The highest BCUT2D eigenvalue weighted by molar-refractivity contribution is 7.89. The van der Waals surface area contributed by atoms with E-state index >= 15 is 0 Å². The Balaban J connectivity index is 0.00000169. The molecular formula is C65H82N8O18S4. The third-order valence-corrected chi connectivity index (χ3v) is 18.9. The highest BCUT2D eigenvalue weighted by Crippen LogP contribution is 2.51. The van der Waals surface area contributed by atoms with Crippen LogP contribution in [0.4, 0.5) is 11.4 Å². The van der Waals surface area contributed by atoms with Crippen LogP contribution in [-0.2, 0) is 89.1 Å². The Morgan fingerprint density at radius 2 is 1.41 bits per heavy atom. The predicted octanol–water partition coefficient (Wildman–Crippen LogP) is 7.14. The molecule has 3 N–H and O–H groups in total. The number of hydroxylamine groups is 1. The normalized spacial score (nSPS) is 14.9. The van der Waals surface area contributed by atoms with Crippen molar-refractivity contribution in [2.75, 3.05) is 71.3 Å². The van der Waals surface area contributed by atoms with Gasteiger partial charge in [-0.05, 0) is 134 Å². The maximum Gasteiger partial charge on any atom is 0.425 e. The fourth-order valence-electron chi connectivity index (χ4n) is 11.9. The van der Waals surface area contributed by atoms with Gasteiger partial charge in [0.25, 0.3) is 5.91 Å². The van der Waals surface area contributed by atoms with Gasteiger partial charge >= 0.3 is 21.2 Å². The highest BCUT2D eigenvalue weighted by Gasteiger charge is 2.46. The van der Waals surface area contributed by atoms with Gasteiger partial charge in [0.15, 0.2) is 5.71 Å². The van der Waals surface area contributed by atoms with E-state index in [2.05, 4.69) is 133 Å². The molecule has 1 aromatic heterocycles. The minimum atomic E-state index is -4.69. The number of unbranched alkanes of at least 4 members (excludes halogenated alkanes) is 2. The van der Waals surface area contributed by atoms with Gasteiger partial charge in [-0.15, -0.1) is 30.4 Å². The highest BCUT2D eigenvalue weighted by atomic mass is 32.2. The van der Waals surface area contributed by atoms with Crippen LogP contribution in [0.2, 0.25) is 0 Å².